The van der Waals surface area contributed by atoms with Crippen LogP contribution in [0, 0.1) is 11.8 Å². The van der Waals surface area contributed by atoms with E-state index in [9.17, 15) is 17.2 Å². The van der Waals surface area contributed by atoms with E-state index in [1.165, 1.54) is 6.07 Å². The van der Waals surface area contributed by atoms with Gasteiger partial charge in [-0.2, -0.15) is 4.39 Å². The van der Waals surface area contributed by atoms with Crippen LogP contribution in [-0.4, -0.2) is 13.4 Å². The van der Waals surface area contributed by atoms with Crippen LogP contribution < -0.4 is 10.5 Å². The van der Waals surface area contributed by atoms with Gasteiger partial charge in [0.2, 0.25) is 5.95 Å². The van der Waals surface area contributed by atoms with E-state index in [1.54, 1.807) is 0 Å². The highest BCUT2D eigenvalue weighted by atomic mass is 79.9. The molecular weight excluding hydrogens is 356 g/mol. The van der Waals surface area contributed by atoms with Crippen LogP contribution >= 0.6 is 15.9 Å². The summed E-state index contributed by atoms with van der Waals surface area (Å²) in [6.45, 7) is 0. The molecule has 0 atom stereocenters. The summed E-state index contributed by atoms with van der Waals surface area (Å²) in [5.74, 6) is -1.47. The number of nitrogens with zero attached hydrogens (tertiary/aromatic N) is 1. The zero-order valence-corrected chi connectivity index (χ0v) is 12.2. The first-order valence-electron chi connectivity index (χ1n) is 5.18. The minimum atomic E-state index is -4.00. The molecule has 1 aromatic heterocycles. The second-order valence-corrected chi connectivity index (χ2v) is 6.28. The Morgan fingerprint density at radius 1 is 1.25 bits per heavy atom. The first-order valence-corrected chi connectivity index (χ1v) is 7.46. The number of hydrogen-bond donors (Lipinski definition) is 2. The molecule has 9 heteroatoms. The van der Waals surface area contributed by atoms with Gasteiger partial charge in [-0.3, -0.25) is 4.72 Å². The summed E-state index contributed by atoms with van der Waals surface area (Å²) in [4.78, 5) is 3.09. The number of anilines is 2. The van der Waals surface area contributed by atoms with Crippen LogP contribution in [0.1, 0.15) is 0 Å². The van der Waals surface area contributed by atoms with Gasteiger partial charge in [0, 0.05) is 4.47 Å². The molecule has 0 unspecified atom stereocenters. The number of halogens is 3. The van der Waals surface area contributed by atoms with Crippen molar-refractivity contribution in [3.8, 4) is 0 Å². The van der Waals surface area contributed by atoms with Crippen LogP contribution in [0.15, 0.2) is 39.8 Å². The number of rotatable bonds is 3. The highest BCUT2D eigenvalue weighted by Gasteiger charge is 2.20. The Hall–Kier alpha value is -1.74. The van der Waals surface area contributed by atoms with Crippen LogP contribution in [0.4, 0.5) is 20.2 Å². The number of aromatic nitrogens is 1. The van der Waals surface area contributed by atoms with Gasteiger partial charge < -0.3 is 5.73 Å². The van der Waals surface area contributed by atoms with E-state index in [4.69, 9.17) is 5.73 Å². The van der Waals surface area contributed by atoms with Crippen molar-refractivity contribution >= 4 is 37.3 Å². The molecule has 0 fully saturated rings. The Labute approximate surface area is 122 Å². The molecule has 0 saturated heterocycles. The standard InChI is InChI=1S/C11H8BrF2N3O2S/c12-7-3-8(13)9(15)4-10(7)20(18,19)17-6-1-2-11(14)16-5-6/h1-5,17H,15H2. The zero-order chi connectivity index (χ0) is 14.9. The topological polar surface area (TPSA) is 85.1 Å². The monoisotopic (exact) mass is 363 g/mol. The summed E-state index contributed by atoms with van der Waals surface area (Å²) in [5.41, 5.74) is 5.12. The average Bonchev–Trinajstić information content (AvgIpc) is 2.36. The van der Waals surface area contributed by atoms with Crippen molar-refractivity contribution in [2.75, 3.05) is 10.5 Å². The first kappa shape index (κ1) is 14.7. The number of nitrogens with one attached hydrogen (secondary N) is 1. The van der Waals surface area contributed by atoms with Gasteiger partial charge in [-0.15, -0.1) is 0 Å². The molecule has 2 rings (SSSR count). The zero-order valence-electron chi connectivity index (χ0n) is 9.77. The molecule has 2 aromatic rings. The van der Waals surface area contributed by atoms with Gasteiger partial charge in [-0.05, 0) is 40.2 Å². The predicted octanol–water partition coefficient (Wildman–Crippen LogP) is 2.51. The van der Waals surface area contributed by atoms with Crippen LogP contribution in [0.25, 0.3) is 0 Å². The summed E-state index contributed by atoms with van der Waals surface area (Å²) < 4.78 is 52.3. The molecule has 0 bridgehead atoms. The minimum absolute atomic E-state index is 0.0202. The fourth-order valence-corrected chi connectivity index (χ4v) is 3.49. The lowest BCUT2D eigenvalue weighted by molar-refractivity contribution is 0.583. The normalized spacial score (nSPS) is 11.3. The molecule has 0 saturated carbocycles. The van der Waals surface area contributed by atoms with E-state index >= 15 is 0 Å². The Bertz CT molecular complexity index is 751. The molecule has 1 heterocycles. The maximum absolute atomic E-state index is 13.2. The minimum Gasteiger partial charge on any atom is -0.396 e. The lowest BCUT2D eigenvalue weighted by Gasteiger charge is -2.10. The van der Waals surface area contributed by atoms with Crippen molar-refractivity contribution in [3.63, 3.8) is 0 Å². The SMILES string of the molecule is Nc1cc(S(=O)(=O)Nc2ccc(F)nc2)c(Br)cc1F. The third kappa shape index (κ3) is 3.05. The lowest BCUT2D eigenvalue weighted by Crippen LogP contribution is -2.14. The molecular formula is C11H8BrF2N3O2S. The van der Waals surface area contributed by atoms with Gasteiger partial charge in [0.15, 0.2) is 0 Å². The van der Waals surface area contributed by atoms with Crippen molar-refractivity contribution in [2.45, 2.75) is 4.90 Å². The molecule has 0 amide bonds. The summed E-state index contributed by atoms with van der Waals surface area (Å²) >= 11 is 2.95. The molecule has 0 aliphatic carbocycles. The van der Waals surface area contributed by atoms with Gasteiger partial charge in [0.1, 0.15) is 10.7 Å². The molecule has 3 N–H and O–H groups in total. The fraction of sp³-hybridized carbons (Fsp3) is 0. The van der Waals surface area contributed by atoms with Crippen LogP contribution in [0.3, 0.4) is 0 Å². The Kier molecular flexibility index (Phi) is 3.91. The summed E-state index contributed by atoms with van der Waals surface area (Å²) in [6.07, 6.45) is 1.02. The van der Waals surface area contributed by atoms with E-state index in [0.717, 1.165) is 24.4 Å². The fourth-order valence-electron chi connectivity index (χ4n) is 1.40. The van der Waals surface area contributed by atoms with E-state index in [0.29, 0.717) is 0 Å². The first-order chi connectivity index (χ1) is 9.29. The van der Waals surface area contributed by atoms with Crippen molar-refractivity contribution in [1.29, 1.82) is 0 Å². The number of benzene rings is 1. The number of nitrogens with two attached hydrogens (primary N) is 1. The van der Waals surface area contributed by atoms with E-state index in [-0.39, 0.29) is 20.7 Å². The van der Waals surface area contributed by atoms with Gasteiger partial charge >= 0.3 is 0 Å². The van der Waals surface area contributed by atoms with Crippen LogP contribution in [-0.2, 0) is 10.0 Å². The molecule has 0 radical (unpaired) electrons. The molecule has 0 aliphatic heterocycles. The van der Waals surface area contributed by atoms with E-state index in [2.05, 4.69) is 25.6 Å². The Morgan fingerprint density at radius 2 is 1.95 bits per heavy atom. The number of sulfonamides is 1. The molecule has 0 aliphatic rings. The quantitative estimate of drug-likeness (QED) is 0.648. The van der Waals surface area contributed by atoms with Crippen molar-refractivity contribution < 1.29 is 17.2 Å². The molecule has 1 aromatic carbocycles. The van der Waals surface area contributed by atoms with E-state index < -0.39 is 21.8 Å². The van der Waals surface area contributed by atoms with Gasteiger partial charge in [-0.1, -0.05) is 0 Å². The summed E-state index contributed by atoms with van der Waals surface area (Å²) in [5, 5.41) is 0. The largest absolute Gasteiger partial charge is 0.396 e. The van der Waals surface area contributed by atoms with Gasteiger partial charge in [0.25, 0.3) is 10.0 Å². The molecule has 5 nitrogen and oxygen atoms in total. The molecule has 106 valence electrons. The maximum Gasteiger partial charge on any atom is 0.263 e. The summed E-state index contributed by atoms with van der Waals surface area (Å²) in [6, 6.07) is 4.15. The smallest absolute Gasteiger partial charge is 0.263 e. The molecule has 20 heavy (non-hydrogen) atoms. The van der Waals surface area contributed by atoms with Gasteiger partial charge in [-0.25, -0.2) is 17.8 Å². The van der Waals surface area contributed by atoms with E-state index in [1.807, 2.05) is 0 Å². The van der Waals surface area contributed by atoms with Crippen molar-refractivity contribution in [3.05, 3.63) is 46.7 Å². The predicted molar refractivity (Wildman–Crippen MR) is 73.5 cm³/mol. The maximum atomic E-state index is 13.2. The molecule has 0 spiro atoms. The van der Waals surface area contributed by atoms with Crippen molar-refractivity contribution in [1.82, 2.24) is 4.98 Å². The third-order valence-corrected chi connectivity index (χ3v) is 4.66. The lowest BCUT2D eigenvalue weighted by atomic mass is 10.3. The van der Waals surface area contributed by atoms with Crippen LogP contribution in [0.2, 0.25) is 0 Å². The second kappa shape index (κ2) is 5.33. The summed E-state index contributed by atoms with van der Waals surface area (Å²) in [7, 11) is -4.00. The second-order valence-electron chi connectivity index (χ2n) is 3.78. The number of hydrogen-bond acceptors (Lipinski definition) is 4. The Morgan fingerprint density at radius 3 is 2.55 bits per heavy atom. The Balaban J connectivity index is 2.40. The van der Waals surface area contributed by atoms with Crippen molar-refractivity contribution in [2.24, 2.45) is 0 Å². The van der Waals surface area contributed by atoms with Crippen LogP contribution in [0.5, 0.6) is 0 Å². The third-order valence-electron chi connectivity index (χ3n) is 2.32. The highest BCUT2D eigenvalue weighted by molar-refractivity contribution is 9.10. The van der Waals surface area contributed by atoms with Gasteiger partial charge in [0.05, 0.1) is 17.6 Å². The average molecular weight is 364 g/mol. The number of pyridine rings is 1. The highest BCUT2D eigenvalue weighted by Crippen LogP contribution is 2.28. The number of nitrogen functional groups attached to an aromatic ring is 1.